The Morgan fingerprint density at radius 3 is 2.16 bits per heavy atom. The maximum Gasteiger partial charge on any atom is 0.387 e. The molecule has 0 saturated carbocycles. The molecule has 0 aliphatic rings. The summed E-state index contributed by atoms with van der Waals surface area (Å²) in [7, 11) is 0. The molecule has 1 unspecified atom stereocenters. The molecule has 0 fully saturated rings. The predicted molar refractivity (Wildman–Crippen MR) is 68.2 cm³/mol. The van der Waals surface area contributed by atoms with E-state index in [1.807, 2.05) is 30.3 Å². The van der Waals surface area contributed by atoms with Crippen molar-refractivity contribution in [3.05, 3.63) is 65.7 Å². The van der Waals surface area contributed by atoms with Gasteiger partial charge in [-0.15, -0.1) is 0 Å². The molecule has 0 aromatic heterocycles. The molecule has 0 heterocycles. The number of hydrogen-bond acceptors (Lipinski definition) is 2. The molecule has 0 aliphatic heterocycles. The molecule has 0 amide bonds. The minimum absolute atomic E-state index is 0.0886. The molecule has 0 radical (unpaired) electrons. The highest BCUT2D eigenvalue weighted by atomic mass is 19.3. The molecule has 2 nitrogen and oxygen atoms in total. The van der Waals surface area contributed by atoms with E-state index in [1.54, 1.807) is 12.1 Å². The Hall–Kier alpha value is -1.94. The highest BCUT2D eigenvalue weighted by Crippen LogP contribution is 2.22. The topological polar surface area (TPSA) is 29.5 Å². The number of aliphatic hydroxyl groups is 1. The zero-order valence-electron chi connectivity index (χ0n) is 10.2. The lowest BCUT2D eigenvalue weighted by molar-refractivity contribution is -0.0498. The molecule has 2 aromatic rings. The Morgan fingerprint density at radius 1 is 0.947 bits per heavy atom. The van der Waals surface area contributed by atoms with Gasteiger partial charge >= 0.3 is 6.61 Å². The summed E-state index contributed by atoms with van der Waals surface area (Å²) in [5.74, 6) is 0.0886. The van der Waals surface area contributed by atoms with Crippen LogP contribution in [-0.2, 0) is 6.42 Å². The molecular formula is C15H14F2O2. The van der Waals surface area contributed by atoms with Gasteiger partial charge in [-0.2, -0.15) is 8.78 Å². The first kappa shape index (κ1) is 13.5. The van der Waals surface area contributed by atoms with Gasteiger partial charge in [0.05, 0.1) is 6.10 Å². The van der Waals surface area contributed by atoms with Crippen LogP contribution in [0.25, 0.3) is 0 Å². The van der Waals surface area contributed by atoms with E-state index in [4.69, 9.17) is 0 Å². The van der Waals surface area contributed by atoms with E-state index in [-0.39, 0.29) is 5.75 Å². The monoisotopic (exact) mass is 264 g/mol. The summed E-state index contributed by atoms with van der Waals surface area (Å²) in [6, 6.07) is 15.6. The average Bonchev–Trinajstić information content (AvgIpc) is 2.40. The van der Waals surface area contributed by atoms with Gasteiger partial charge in [0.1, 0.15) is 5.75 Å². The maximum absolute atomic E-state index is 12.0. The standard InChI is InChI=1S/C15H14F2O2/c16-15(17)19-13-8-6-12(7-9-13)14(18)10-11-4-2-1-3-5-11/h1-9,14-15,18H,10H2. The summed E-state index contributed by atoms with van der Waals surface area (Å²) in [5.41, 5.74) is 1.69. The number of hydrogen-bond donors (Lipinski definition) is 1. The van der Waals surface area contributed by atoms with Gasteiger partial charge < -0.3 is 9.84 Å². The largest absolute Gasteiger partial charge is 0.435 e. The average molecular weight is 264 g/mol. The van der Waals surface area contributed by atoms with Gasteiger partial charge in [0.15, 0.2) is 0 Å². The summed E-state index contributed by atoms with van der Waals surface area (Å²) in [5, 5.41) is 10.1. The van der Waals surface area contributed by atoms with Crippen LogP contribution in [0.3, 0.4) is 0 Å². The van der Waals surface area contributed by atoms with Crippen molar-refractivity contribution in [2.75, 3.05) is 0 Å². The molecule has 0 spiro atoms. The van der Waals surface area contributed by atoms with E-state index in [0.29, 0.717) is 12.0 Å². The third-order valence-corrected chi connectivity index (χ3v) is 2.76. The minimum Gasteiger partial charge on any atom is -0.435 e. The molecule has 2 aromatic carbocycles. The number of alkyl halides is 2. The Bertz CT molecular complexity index is 497. The van der Waals surface area contributed by atoms with Crippen molar-refractivity contribution in [2.45, 2.75) is 19.1 Å². The molecule has 0 saturated heterocycles. The van der Waals surface area contributed by atoms with Crippen LogP contribution in [0.5, 0.6) is 5.75 Å². The van der Waals surface area contributed by atoms with E-state index in [1.165, 1.54) is 12.1 Å². The van der Waals surface area contributed by atoms with E-state index >= 15 is 0 Å². The molecule has 1 atom stereocenters. The van der Waals surface area contributed by atoms with Crippen molar-refractivity contribution >= 4 is 0 Å². The molecule has 19 heavy (non-hydrogen) atoms. The summed E-state index contributed by atoms with van der Waals surface area (Å²) in [6.45, 7) is -2.83. The molecule has 0 bridgehead atoms. The van der Waals surface area contributed by atoms with Crippen molar-refractivity contribution in [3.63, 3.8) is 0 Å². The smallest absolute Gasteiger partial charge is 0.387 e. The number of rotatable bonds is 5. The van der Waals surface area contributed by atoms with Crippen molar-refractivity contribution in [1.29, 1.82) is 0 Å². The third kappa shape index (κ3) is 4.03. The highest BCUT2D eigenvalue weighted by Gasteiger charge is 2.09. The normalized spacial score (nSPS) is 12.4. The molecule has 4 heteroatoms. The molecule has 1 N–H and O–H groups in total. The van der Waals surface area contributed by atoms with Crippen LogP contribution in [0.2, 0.25) is 0 Å². The van der Waals surface area contributed by atoms with Gasteiger partial charge in [-0.05, 0) is 23.3 Å². The van der Waals surface area contributed by atoms with Gasteiger partial charge in [-0.3, -0.25) is 0 Å². The summed E-state index contributed by atoms with van der Waals surface area (Å²) < 4.78 is 28.2. The summed E-state index contributed by atoms with van der Waals surface area (Å²) in [4.78, 5) is 0. The van der Waals surface area contributed by atoms with Crippen LogP contribution >= 0.6 is 0 Å². The second-order valence-corrected chi connectivity index (χ2v) is 4.15. The van der Waals surface area contributed by atoms with Gasteiger partial charge in [0.2, 0.25) is 0 Å². The van der Waals surface area contributed by atoms with Crippen LogP contribution in [0.1, 0.15) is 17.2 Å². The van der Waals surface area contributed by atoms with E-state index in [2.05, 4.69) is 4.74 Å². The van der Waals surface area contributed by atoms with Crippen LogP contribution in [-0.4, -0.2) is 11.7 Å². The Labute approximate surface area is 110 Å². The first-order valence-corrected chi connectivity index (χ1v) is 5.92. The number of ether oxygens (including phenoxy) is 1. The van der Waals surface area contributed by atoms with Gasteiger partial charge in [0, 0.05) is 6.42 Å². The zero-order valence-corrected chi connectivity index (χ0v) is 10.2. The molecular weight excluding hydrogens is 250 g/mol. The highest BCUT2D eigenvalue weighted by molar-refractivity contribution is 5.29. The number of benzene rings is 2. The third-order valence-electron chi connectivity index (χ3n) is 2.76. The Kier molecular flexibility index (Phi) is 4.47. The lowest BCUT2D eigenvalue weighted by atomic mass is 10.0. The molecule has 100 valence electrons. The van der Waals surface area contributed by atoms with E-state index < -0.39 is 12.7 Å². The summed E-state index contributed by atoms with van der Waals surface area (Å²) >= 11 is 0. The fourth-order valence-corrected chi connectivity index (χ4v) is 1.83. The molecule has 0 aliphatic carbocycles. The van der Waals surface area contributed by atoms with Crippen LogP contribution in [0.4, 0.5) is 8.78 Å². The van der Waals surface area contributed by atoms with Gasteiger partial charge in [-0.25, -0.2) is 0 Å². The van der Waals surface area contributed by atoms with Crippen molar-refractivity contribution in [1.82, 2.24) is 0 Å². The first-order valence-electron chi connectivity index (χ1n) is 5.92. The number of halogens is 2. The second kappa shape index (κ2) is 6.29. The predicted octanol–water partition coefficient (Wildman–Crippen LogP) is 3.56. The fourth-order valence-electron chi connectivity index (χ4n) is 1.83. The van der Waals surface area contributed by atoms with Gasteiger partial charge in [0.25, 0.3) is 0 Å². The van der Waals surface area contributed by atoms with Crippen LogP contribution in [0, 0.1) is 0 Å². The number of aliphatic hydroxyl groups excluding tert-OH is 1. The Morgan fingerprint density at radius 2 is 1.58 bits per heavy atom. The van der Waals surface area contributed by atoms with Crippen LogP contribution < -0.4 is 4.74 Å². The van der Waals surface area contributed by atoms with Crippen molar-refractivity contribution < 1.29 is 18.6 Å². The quantitative estimate of drug-likeness (QED) is 0.894. The lowest BCUT2D eigenvalue weighted by Crippen LogP contribution is -2.04. The van der Waals surface area contributed by atoms with Crippen LogP contribution in [0.15, 0.2) is 54.6 Å². The van der Waals surface area contributed by atoms with Crippen molar-refractivity contribution in [2.24, 2.45) is 0 Å². The van der Waals surface area contributed by atoms with Gasteiger partial charge in [-0.1, -0.05) is 42.5 Å². The molecule has 2 rings (SSSR count). The summed E-state index contributed by atoms with van der Waals surface area (Å²) in [6.07, 6.45) is -0.182. The second-order valence-electron chi connectivity index (χ2n) is 4.15. The van der Waals surface area contributed by atoms with Crippen molar-refractivity contribution in [3.8, 4) is 5.75 Å². The van der Waals surface area contributed by atoms with E-state index in [0.717, 1.165) is 5.56 Å². The lowest BCUT2D eigenvalue weighted by Gasteiger charge is -2.12. The SMILES string of the molecule is OC(Cc1ccccc1)c1ccc(OC(F)F)cc1. The minimum atomic E-state index is -2.83. The van der Waals surface area contributed by atoms with E-state index in [9.17, 15) is 13.9 Å². The maximum atomic E-state index is 12.0. The Balaban J connectivity index is 2.01. The first-order chi connectivity index (χ1) is 9.15. The zero-order chi connectivity index (χ0) is 13.7. The fraction of sp³-hybridized carbons (Fsp3) is 0.200.